The Morgan fingerprint density at radius 1 is 0.250 bits per heavy atom. The molecule has 1 aromatic heterocycles. The number of benzene rings is 10. The molecule has 0 aliphatic heterocycles. The zero-order valence-corrected chi connectivity index (χ0v) is 32.9. The van der Waals surface area contributed by atoms with Crippen LogP contribution >= 0.6 is 0 Å². The maximum absolute atomic E-state index is 2.43. The second-order valence-corrected chi connectivity index (χ2v) is 15.1. The highest BCUT2D eigenvalue weighted by atomic mass is 15.2. The van der Waals surface area contributed by atoms with Crippen LogP contribution in [0.4, 0.5) is 34.1 Å². The highest BCUT2D eigenvalue weighted by molar-refractivity contribution is 6.07. The number of aromatic nitrogens is 2. The van der Waals surface area contributed by atoms with E-state index < -0.39 is 0 Å². The van der Waals surface area contributed by atoms with Crippen LogP contribution in [0.15, 0.2) is 243 Å². The number of hydrogen-bond donors (Lipinski definition) is 0. The van der Waals surface area contributed by atoms with E-state index >= 15 is 0 Å². The number of para-hydroxylation sites is 6. The molecule has 0 aliphatic rings. The minimum Gasteiger partial charge on any atom is -0.310 e. The second kappa shape index (κ2) is 15.0. The molecular formula is C56H40N4. The zero-order valence-electron chi connectivity index (χ0n) is 32.9. The lowest BCUT2D eigenvalue weighted by atomic mass is 10.0. The molecule has 11 rings (SSSR count). The molecule has 1 heterocycles. The van der Waals surface area contributed by atoms with Crippen molar-refractivity contribution in [3.05, 3.63) is 243 Å². The number of nitrogens with zero attached hydrogens (tertiary/aromatic N) is 4. The molecule has 11 aromatic rings. The smallest absolute Gasteiger partial charge is 0.0561 e. The fourth-order valence-corrected chi connectivity index (χ4v) is 8.74. The monoisotopic (exact) mass is 768 g/mol. The molecule has 0 N–H and O–H groups in total. The van der Waals surface area contributed by atoms with E-state index in [4.69, 9.17) is 0 Å². The van der Waals surface area contributed by atoms with Crippen LogP contribution in [-0.2, 0) is 0 Å². The third-order valence-electron chi connectivity index (χ3n) is 11.4. The summed E-state index contributed by atoms with van der Waals surface area (Å²) in [6.07, 6.45) is 0. The fourth-order valence-electron chi connectivity index (χ4n) is 8.74. The van der Waals surface area contributed by atoms with Crippen molar-refractivity contribution in [2.75, 3.05) is 9.80 Å². The van der Waals surface area contributed by atoms with Crippen molar-refractivity contribution in [1.82, 2.24) is 9.13 Å². The van der Waals surface area contributed by atoms with Gasteiger partial charge >= 0.3 is 0 Å². The number of rotatable bonds is 8. The van der Waals surface area contributed by atoms with Gasteiger partial charge in [0.2, 0.25) is 0 Å². The van der Waals surface area contributed by atoms with Crippen LogP contribution in [0.3, 0.4) is 0 Å². The molecule has 4 nitrogen and oxygen atoms in total. The minimum absolute atomic E-state index is 1.08. The quantitative estimate of drug-likeness (QED) is 0.153. The van der Waals surface area contributed by atoms with E-state index in [9.17, 15) is 0 Å². The lowest BCUT2D eigenvalue weighted by Crippen LogP contribution is -2.11. The third kappa shape index (κ3) is 6.28. The Bertz CT molecular complexity index is 2980. The van der Waals surface area contributed by atoms with E-state index in [0.717, 1.165) is 89.1 Å². The number of fused-ring (bicyclic) bond motifs is 2. The van der Waals surface area contributed by atoms with Gasteiger partial charge in [0.1, 0.15) is 0 Å². The summed E-state index contributed by atoms with van der Waals surface area (Å²) in [6, 6.07) is 87.4. The maximum Gasteiger partial charge on any atom is 0.0561 e. The number of hydrogen-bond acceptors (Lipinski definition) is 2. The molecule has 0 atom stereocenters. The van der Waals surface area contributed by atoms with Crippen molar-refractivity contribution in [1.29, 1.82) is 0 Å². The Balaban J connectivity index is 1.29. The molecule has 0 aliphatic carbocycles. The molecule has 284 valence electrons. The topological polar surface area (TPSA) is 16.3 Å². The lowest BCUT2D eigenvalue weighted by Gasteiger charge is -2.27. The Morgan fingerprint density at radius 2 is 0.550 bits per heavy atom. The van der Waals surface area contributed by atoms with Crippen molar-refractivity contribution < 1.29 is 0 Å². The van der Waals surface area contributed by atoms with Gasteiger partial charge in [0.15, 0.2) is 0 Å². The van der Waals surface area contributed by atoms with Crippen molar-refractivity contribution in [2.24, 2.45) is 0 Å². The van der Waals surface area contributed by atoms with Gasteiger partial charge in [0.05, 0.1) is 11.0 Å². The van der Waals surface area contributed by atoms with Crippen molar-refractivity contribution in [3.8, 4) is 11.4 Å². The molecule has 0 saturated carbocycles. The first-order valence-electron chi connectivity index (χ1n) is 20.4. The summed E-state index contributed by atoms with van der Waals surface area (Å²) in [5.41, 5.74) is 13.1. The van der Waals surface area contributed by atoms with E-state index in [1.54, 1.807) is 0 Å². The molecule has 0 fully saturated rings. The molecule has 0 unspecified atom stereocenters. The van der Waals surface area contributed by atoms with Crippen molar-refractivity contribution in [3.63, 3.8) is 0 Å². The van der Waals surface area contributed by atoms with Gasteiger partial charge in [-0.2, -0.15) is 0 Å². The lowest BCUT2D eigenvalue weighted by molar-refractivity contribution is 1.15. The molecule has 0 spiro atoms. The Morgan fingerprint density at radius 3 is 0.867 bits per heavy atom. The van der Waals surface area contributed by atoms with E-state index in [1.807, 2.05) is 0 Å². The van der Waals surface area contributed by atoms with Crippen LogP contribution in [0.25, 0.3) is 55.0 Å². The predicted octanol–water partition coefficient (Wildman–Crippen LogP) is 15.4. The summed E-state index contributed by atoms with van der Waals surface area (Å²) in [7, 11) is 0. The molecule has 60 heavy (non-hydrogen) atoms. The Labute approximate surface area is 349 Å². The molecular weight excluding hydrogens is 729 g/mol. The molecule has 0 amide bonds. The third-order valence-corrected chi connectivity index (χ3v) is 11.4. The van der Waals surface area contributed by atoms with Crippen LogP contribution in [0.2, 0.25) is 0 Å². The van der Waals surface area contributed by atoms with E-state index in [2.05, 4.69) is 262 Å². The summed E-state index contributed by atoms with van der Waals surface area (Å²) >= 11 is 0. The van der Waals surface area contributed by atoms with Gasteiger partial charge in [-0.15, -0.1) is 0 Å². The first-order valence-corrected chi connectivity index (χ1v) is 20.4. The van der Waals surface area contributed by atoms with Gasteiger partial charge < -0.3 is 18.9 Å². The van der Waals surface area contributed by atoms with Crippen LogP contribution in [-0.4, -0.2) is 9.13 Å². The van der Waals surface area contributed by atoms with Crippen molar-refractivity contribution in [2.45, 2.75) is 0 Å². The van der Waals surface area contributed by atoms with E-state index in [1.165, 1.54) is 0 Å². The minimum atomic E-state index is 1.08. The fraction of sp³-hybridized carbons (Fsp3) is 0. The predicted molar refractivity (Wildman–Crippen MR) is 253 cm³/mol. The van der Waals surface area contributed by atoms with Gasteiger partial charge in [0.25, 0.3) is 0 Å². The highest BCUT2D eigenvalue weighted by Gasteiger charge is 2.19. The summed E-state index contributed by atoms with van der Waals surface area (Å²) < 4.78 is 4.86. The highest BCUT2D eigenvalue weighted by Crippen LogP contribution is 2.42. The van der Waals surface area contributed by atoms with Crippen molar-refractivity contribution >= 4 is 77.7 Å². The number of anilines is 6. The van der Waals surface area contributed by atoms with Crippen LogP contribution in [0.5, 0.6) is 0 Å². The molecule has 0 radical (unpaired) electrons. The van der Waals surface area contributed by atoms with Gasteiger partial charge in [0, 0.05) is 67.3 Å². The van der Waals surface area contributed by atoms with E-state index in [-0.39, 0.29) is 0 Å². The van der Waals surface area contributed by atoms with Crippen LogP contribution in [0, 0.1) is 0 Å². The summed E-state index contributed by atoms with van der Waals surface area (Å²) in [6.45, 7) is 0. The van der Waals surface area contributed by atoms with Gasteiger partial charge in [-0.1, -0.05) is 121 Å². The molecule has 4 heteroatoms. The van der Waals surface area contributed by atoms with Gasteiger partial charge in [-0.05, 0) is 132 Å². The standard InChI is InChI=1S/C56H40N4/c1-7-19-43(20-8-1)57(44-21-9-2-10-22-44)51-35-41-31-33-50-37-53(41)55(39-51)59(47-27-15-5-16-28-47)49-34-32-42-36-52(40-56(54(42)38-49)60(50)48-29-17-6-18-30-48)58(45-23-11-3-12-24-45)46-25-13-4-14-26-46/h1-40H. The first kappa shape index (κ1) is 35.1. The van der Waals surface area contributed by atoms with Gasteiger partial charge in [-0.3, -0.25) is 0 Å². The van der Waals surface area contributed by atoms with Crippen LogP contribution in [0.1, 0.15) is 0 Å². The first-order chi connectivity index (χ1) is 29.8. The normalized spacial score (nSPS) is 11.3. The zero-order chi connectivity index (χ0) is 39.8. The molecule has 10 aromatic carbocycles. The summed E-state index contributed by atoms with van der Waals surface area (Å²) in [4.78, 5) is 4.71. The Hall–Kier alpha value is -8.08. The SMILES string of the molecule is c1ccc(N(c2ccccc2)c2cc3ccc4cc3c(c2)n(-c2ccccc2)c2ccc3cc(N(c5ccccc5)c5ccccc5)cc(c3c2)n4-c2ccccc2)cc1. The van der Waals surface area contributed by atoms with Crippen LogP contribution < -0.4 is 9.80 Å². The maximum atomic E-state index is 2.43. The summed E-state index contributed by atoms with van der Waals surface area (Å²) in [5, 5.41) is 4.59. The summed E-state index contributed by atoms with van der Waals surface area (Å²) in [5.74, 6) is 0. The average Bonchev–Trinajstić information content (AvgIpc) is 3.31. The average molecular weight is 769 g/mol. The van der Waals surface area contributed by atoms with E-state index in [0.29, 0.717) is 0 Å². The molecule has 0 saturated heterocycles. The Kier molecular flexibility index (Phi) is 8.79. The largest absolute Gasteiger partial charge is 0.310 e. The second-order valence-electron chi connectivity index (χ2n) is 15.1. The van der Waals surface area contributed by atoms with Gasteiger partial charge in [-0.25, -0.2) is 0 Å². The molecule has 4 bridgehead atoms.